The molecule has 138 valence electrons. The number of nitrogens with one attached hydrogen (secondary N) is 1. The molecular formula is C19H17ClN4O3. The average molecular weight is 385 g/mol. The summed E-state index contributed by atoms with van der Waals surface area (Å²) in [5.74, 6) is 1.28. The molecule has 0 saturated heterocycles. The van der Waals surface area contributed by atoms with Crippen molar-refractivity contribution in [2.75, 3.05) is 19.6 Å². The van der Waals surface area contributed by atoms with Crippen LogP contribution in [0.5, 0.6) is 11.5 Å². The molecule has 0 aliphatic rings. The van der Waals surface area contributed by atoms with Gasteiger partial charge >= 0.3 is 0 Å². The van der Waals surface area contributed by atoms with Crippen LogP contribution in [0, 0.1) is 0 Å². The number of methoxy groups -OCH3 is 2. The monoisotopic (exact) mass is 384 g/mol. The van der Waals surface area contributed by atoms with Gasteiger partial charge in [-0.05, 0) is 24.3 Å². The lowest BCUT2D eigenvalue weighted by Crippen LogP contribution is -2.22. The molecule has 0 saturated carbocycles. The van der Waals surface area contributed by atoms with Crippen LogP contribution in [0.3, 0.4) is 0 Å². The van der Waals surface area contributed by atoms with E-state index in [9.17, 15) is 4.79 Å². The Morgan fingerprint density at radius 2 is 1.93 bits per heavy atom. The first kappa shape index (κ1) is 18.5. The normalized spacial score (nSPS) is 10.8. The van der Waals surface area contributed by atoms with Crippen molar-refractivity contribution in [1.29, 1.82) is 0 Å². The van der Waals surface area contributed by atoms with Crippen molar-refractivity contribution in [3.05, 3.63) is 75.7 Å². The van der Waals surface area contributed by atoms with E-state index < -0.39 is 5.56 Å². The Balaban J connectivity index is 1.82. The maximum Gasteiger partial charge on any atom is 0.292 e. The molecule has 0 atom stereocenters. The fourth-order valence-electron chi connectivity index (χ4n) is 2.36. The largest absolute Gasteiger partial charge is 0.497 e. The van der Waals surface area contributed by atoms with Gasteiger partial charge in [-0.2, -0.15) is 14.9 Å². The predicted octanol–water partition coefficient (Wildman–Crippen LogP) is 3.35. The lowest BCUT2D eigenvalue weighted by molar-refractivity contribution is 0.394. The highest BCUT2D eigenvalue weighted by Gasteiger charge is 2.10. The number of benzene rings is 2. The summed E-state index contributed by atoms with van der Waals surface area (Å²) in [6, 6.07) is 14.4. The number of rotatable bonds is 6. The Morgan fingerprint density at radius 1 is 1.15 bits per heavy atom. The van der Waals surface area contributed by atoms with Crippen LogP contribution >= 0.6 is 11.6 Å². The molecule has 0 aliphatic heterocycles. The average Bonchev–Trinajstić information content (AvgIpc) is 2.72. The molecule has 0 spiro atoms. The van der Waals surface area contributed by atoms with E-state index in [1.54, 1.807) is 50.8 Å². The van der Waals surface area contributed by atoms with Gasteiger partial charge in [0.25, 0.3) is 5.56 Å². The SMILES string of the molecule is COc1ccc(/C=N\Nc2cnn(-c3ccccc3)c(=O)c2Cl)c(OC)c1. The van der Waals surface area contributed by atoms with Gasteiger partial charge in [0, 0.05) is 11.6 Å². The van der Waals surface area contributed by atoms with Crippen molar-refractivity contribution in [2.24, 2.45) is 5.10 Å². The zero-order valence-electron chi connectivity index (χ0n) is 14.7. The second kappa shape index (κ2) is 8.37. The first-order chi connectivity index (χ1) is 13.1. The van der Waals surface area contributed by atoms with Gasteiger partial charge in [0.05, 0.1) is 32.3 Å². The molecule has 1 aromatic heterocycles. The molecule has 27 heavy (non-hydrogen) atoms. The Kier molecular flexibility index (Phi) is 5.73. The van der Waals surface area contributed by atoms with Crippen LogP contribution in [-0.4, -0.2) is 30.2 Å². The van der Waals surface area contributed by atoms with Gasteiger partial charge in [0.1, 0.15) is 22.2 Å². The third-order valence-corrected chi connectivity index (χ3v) is 4.11. The molecule has 1 heterocycles. The number of ether oxygens (including phenoxy) is 2. The van der Waals surface area contributed by atoms with Gasteiger partial charge in [-0.1, -0.05) is 29.8 Å². The van der Waals surface area contributed by atoms with Gasteiger partial charge in [0.2, 0.25) is 0 Å². The molecule has 0 aliphatic carbocycles. The first-order valence-corrected chi connectivity index (χ1v) is 8.36. The molecular weight excluding hydrogens is 368 g/mol. The maximum atomic E-state index is 12.4. The molecule has 7 nitrogen and oxygen atoms in total. The summed E-state index contributed by atoms with van der Waals surface area (Å²) in [5.41, 5.74) is 3.96. The van der Waals surface area contributed by atoms with E-state index in [2.05, 4.69) is 15.6 Å². The minimum atomic E-state index is -0.440. The van der Waals surface area contributed by atoms with Crippen molar-refractivity contribution in [3.63, 3.8) is 0 Å². The zero-order valence-corrected chi connectivity index (χ0v) is 15.5. The highest BCUT2D eigenvalue weighted by Crippen LogP contribution is 2.23. The van der Waals surface area contributed by atoms with Crippen LogP contribution in [-0.2, 0) is 0 Å². The Morgan fingerprint density at radius 3 is 2.63 bits per heavy atom. The molecule has 0 radical (unpaired) electrons. The number of para-hydroxylation sites is 1. The minimum Gasteiger partial charge on any atom is -0.497 e. The molecule has 0 amide bonds. The fourth-order valence-corrected chi connectivity index (χ4v) is 2.53. The highest BCUT2D eigenvalue weighted by atomic mass is 35.5. The van der Waals surface area contributed by atoms with E-state index in [1.807, 2.05) is 18.2 Å². The molecule has 8 heteroatoms. The number of hydrogen-bond acceptors (Lipinski definition) is 6. The van der Waals surface area contributed by atoms with Crippen molar-refractivity contribution in [3.8, 4) is 17.2 Å². The molecule has 0 bridgehead atoms. The van der Waals surface area contributed by atoms with Gasteiger partial charge in [-0.25, -0.2) is 0 Å². The highest BCUT2D eigenvalue weighted by molar-refractivity contribution is 6.32. The number of aromatic nitrogens is 2. The quantitative estimate of drug-likeness (QED) is 0.521. The van der Waals surface area contributed by atoms with Crippen LogP contribution in [0.2, 0.25) is 5.02 Å². The molecule has 3 aromatic rings. The second-order valence-electron chi connectivity index (χ2n) is 5.40. The van der Waals surface area contributed by atoms with E-state index in [0.717, 1.165) is 5.56 Å². The number of halogens is 1. The fraction of sp³-hybridized carbons (Fsp3) is 0.105. The van der Waals surface area contributed by atoms with Crippen LogP contribution < -0.4 is 20.5 Å². The van der Waals surface area contributed by atoms with Crippen molar-refractivity contribution >= 4 is 23.5 Å². The lowest BCUT2D eigenvalue weighted by atomic mass is 10.2. The molecule has 2 aromatic carbocycles. The van der Waals surface area contributed by atoms with E-state index in [4.69, 9.17) is 21.1 Å². The summed E-state index contributed by atoms with van der Waals surface area (Å²) in [6.07, 6.45) is 3.00. The number of hydrogen-bond donors (Lipinski definition) is 1. The van der Waals surface area contributed by atoms with Gasteiger partial charge < -0.3 is 9.47 Å². The Labute approximate surface area is 160 Å². The van der Waals surface area contributed by atoms with E-state index in [0.29, 0.717) is 22.9 Å². The third kappa shape index (κ3) is 4.09. The topological polar surface area (TPSA) is 77.7 Å². The molecule has 3 rings (SSSR count). The standard InChI is InChI=1S/C19H17ClN4O3/c1-26-15-9-8-13(17(10-15)27-2)11-21-23-16-12-22-24(19(25)18(16)20)14-6-4-3-5-7-14/h3-12,23H,1-2H3/b21-11-. The summed E-state index contributed by atoms with van der Waals surface area (Å²) in [7, 11) is 3.14. The van der Waals surface area contributed by atoms with Crippen LogP contribution in [0.4, 0.5) is 5.69 Å². The van der Waals surface area contributed by atoms with Crippen molar-refractivity contribution in [2.45, 2.75) is 0 Å². The van der Waals surface area contributed by atoms with Crippen LogP contribution in [0.25, 0.3) is 5.69 Å². The van der Waals surface area contributed by atoms with Crippen molar-refractivity contribution < 1.29 is 9.47 Å². The maximum absolute atomic E-state index is 12.4. The number of hydrazone groups is 1. The van der Waals surface area contributed by atoms with Gasteiger partial charge in [-0.15, -0.1) is 0 Å². The molecule has 0 fully saturated rings. The summed E-state index contributed by atoms with van der Waals surface area (Å²) in [5, 5.41) is 8.24. The molecule has 1 N–H and O–H groups in total. The first-order valence-electron chi connectivity index (χ1n) is 7.98. The van der Waals surface area contributed by atoms with E-state index in [1.165, 1.54) is 10.9 Å². The van der Waals surface area contributed by atoms with Crippen LogP contribution in [0.1, 0.15) is 5.56 Å². The summed E-state index contributed by atoms with van der Waals surface area (Å²) >= 11 is 6.18. The lowest BCUT2D eigenvalue weighted by Gasteiger charge is -2.08. The van der Waals surface area contributed by atoms with E-state index >= 15 is 0 Å². The zero-order chi connectivity index (χ0) is 19.2. The number of anilines is 1. The Bertz CT molecular complexity index is 1020. The molecule has 0 unspecified atom stereocenters. The van der Waals surface area contributed by atoms with Crippen molar-refractivity contribution in [1.82, 2.24) is 9.78 Å². The van der Waals surface area contributed by atoms with E-state index in [-0.39, 0.29) is 5.02 Å². The third-order valence-electron chi connectivity index (χ3n) is 3.75. The summed E-state index contributed by atoms with van der Waals surface area (Å²) < 4.78 is 11.7. The van der Waals surface area contributed by atoms with Gasteiger partial charge in [-0.3, -0.25) is 10.2 Å². The minimum absolute atomic E-state index is 0.00676. The Hall–Kier alpha value is -3.32. The van der Waals surface area contributed by atoms with Gasteiger partial charge in [0.15, 0.2) is 0 Å². The van der Waals surface area contributed by atoms with Crippen LogP contribution in [0.15, 0.2) is 64.6 Å². The smallest absolute Gasteiger partial charge is 0.292 e. The number of nitrogens with zero attached hydrogens (tertiary/aromatic N) is 3. The summed E-state index contributed by atoms with van der Waals surface area (Å²) in [6.45, 7) is 0. The predicted molar refractivity (Wildman–Crippen MR) is 106 cm³/mol. The summed E-state index contributed by atoms with van der Waals surface area (Å²) in [4.78, 5) is 12.4. The second-order valence-corrected chi connectivity index (χ2v) is 5.78.